The van der Waals surface area contributed by atoms with Crippen molar-refractivity contribution in [2.45, 2.75) is 183 Å². The van der Waals surface area contributed by atoms with E-state index in [9.17, 15) is 0 Å². The number of rotatable bonds is 22. The first-order chi connectivity index (χ1) is 14.7. The van der Waals surface area contributed by atoms with Crippen molar-refractivity contribution in [3.05, 3.63) is 0 Å². The van der Waals surface area contributed by atoms with Gasteiger partial charge in [0.05, 0.1) is 12.2 Å². The van der Waals surface area contributed by atoms with Crippen LogP contribution in [0.25, 0.3) is 0 Å². The molecule has 0 aromatic heterocycles. The molecule has 0 aliphatic carbocycles. The molecule has 2 unspecified atom stereocenters. The molecule has 0 N–H and O–H groups in total. The Hall–Kier alpha value is -0.0400. The molecule has 0 aliphatic rings. The molecule has 0 rings (SSSR count). The Labute approximate surface area is 198 Å². The zero-order valence-electron chi connectivity index (χ0n) is 23.3. The van der Waals surface area contributed by atoms with Crippen LogP contribution in [0.15, 0.2) is 0 Å². The predicted molar refractivity (Wildman–Crippen MR) is 142 cm³/mol. The van der Waals surface area contributed by atoms with Gasteiger partial charge in [-0.05, 0) is 36.5 Å². The second-order valence-corrected chi connectivity index (χ2v) is 11.6. The SMILES string of the molecule is CCCCCCCCCC(OC(CCCCCCCCC)C(C)(C)CC)C(C)(C)CC. The van der Waals surface area contributed by atoms with Gasteiger partial charge >= 0.3 is 0 Å². The Bertz CT molecular complexity index is 348. The molecule has 0 bridgehead atoms. The van der Waals surface area contributed by atoms with Crippen molar-refractivity contribution < 1.29 is 4.74 Å². The summed E-state index contributed by atoms with van der Waals surface area (Å²) in [7, 11) is 0. The van der Waals surface area contributed by atoms with Gasteiger partial charge in [-0.1, -0.05) is 145 Å². The lowest BCUT2D eigenvalue weighted by Crippen LogP contribution is -2.41. The number of ether oxygens (including phenoxy) is 1. The van der Waals surface area contributed by atoms with Crippen LogP contribution in [0.3, 0.4) is 0 Å². The molecule has 0 fully saturated rings. The van der Waals surface area contributed by atoms with E-state index < -0.39 is 0 Å². The van der Waals surface area contributed by atoms with Crippen LogP contribution in [0.4, 0.5) is 0 Å². The Balaban J connectivity index is 4.73. The average Bonchev–Trinajstić information content (AvgIpc) is 2.75. The topological polar surface area (TPSA) is 9.23 Å². The lowest BCUT2D eigenvalue weighted by Gasteiger charge is -2.42. The van der Waals surface area contributed by atoms with E-state index in [0.29, 0.717) is 12.2 Å². The van der Waals surface area contributed by atoms with E-state index in [1.165, 1.54) is 116 Å². The first kappa shape index (κ1) is 31.0. The van der Waals surface area contributed by atoms with Gasteiger partial charge < -0.3 is 4.74 Å². The molecule has 0 aliphatic heterocycles. The second kappa shape index (κ2) is 18.4. The molecule has 0 amide bonds. The highest BCUT2D eigenvalue weighted by atomic mass is 16.5. The summed E-state index contributed by atoms with van der Waals surface area (Å²) in [5.41, 5.74) is 0.537. The van der Waals surface area contributed by atoms with Crippen LogP contribution in [-0.4, -0.2) is 12.2 Å². The van der Waals surface area contributed by atoms with E-state index >= 15 is 0 Å². The molecule has 188 valence electrons. The molecule has 0 saturated heterocycles. The summed E-state index contributed by atoms with van der Waals surface area (Å²) in [5, 5.41) is 0. The van der Waals surface area contributed by atoms with Crippen LogP contribution in [0.5, 0.6) is 0 Å². The fraction of sp³-hybridized carbons (Fsp3) is 1.00. The highest BCUT2D eigenvalue weighted by Crippen LogP contribution is 2.38. The van der Waals surface area contributed by atoms with Crippen LogP contribution >= 0.6 is 0 Å². The maximum atomic E-state index is 7.05. The van der Waals surface area contributed by atoms with E-state index in [4.69, 9.17) is 4.74 Å². The summed E-state index contributed by atoms with van der Waals surface area (Å²) in [6.45, 7) is 19.0. The quantitative estimate of drug-likeness (QED) is 0.153. The van der Waals surface area contributed by atoms with E-state index in [2.05, 4.69) is 55.4 Å². The third-order valence-electron chi connectivity index (χ3n) is 8.03. The van der Waals surface area contributed by atoms with Gasteiger partial charge in [0.2, 0.25) is 0 Å². The molecule has 0 heterocycles. The van der Waals surface area contributed by atoms with Crippen molar-refractivity contribution in [1.82, 2.24) is 0 Å². The lowest BCUT2D eigenvalue weighted by molar-refractivity contribution is -0.123. The van der Waals surface area contributed by atoms with Gasteiger partial charge in [0.25, 0.3) is 0 Å². The smallest absolute Gasteiger partial charge is 0.0629 e. The third-order valence-corrected chi connectivity index (χ3v) is 8.03. The van der Waals surface area contributed by atoms with E-state index in [1.54, 1.807) is 0 Å². The van der Waals surface area contributed by atoms with Crippen LogP contribution in [0, 0.1) is 10.8 Å². The largest absolute Gasteiger partial charge is 0.374 e. The summed E-state index contributed by atoms with van der Waals surface area (Å²) in [5.74, 6) is 0. The highest BCUT2D eigenvalue weighted by molar-refractivity contribution is 4.84. The van der Waals surface area contributed by atoms with Gasteiger partial charge in [0.15, 0.2) is 0 Å². The molecule has 1 nitrogen and oxygen atoms in total. The maximum absolute atomic E-state index is 7.05. The van der Waals surface area contributed by atoms with Crippen molar-refractivity contribution in [3.8, 4) is 0 Å². The number of hydrogen-bond donors (Lipinski definition) is 0. The molecule has 0 spiro atoms. The Kier molecular flexibility index (Phi) is 18.4. The minimum atomic E-state index is 0.268. The molecular formula is C30H62O. The van der Waals surface area contributed by atoms with Crippen molar-refractivity contribution in [2.24, 2.45) is 10.8 Å². The van der Waals surface area contributed by atoms with Crippen LogP contribution in [0.1, 0.15) is 171 Å². The molecule has 0 aromatic carbocycles. The van der Waals surface area contributed by atoms with E-state index in [1.807, 2.05) is 0 Å². The fourth-order valence-electron chi connectivity index (χ4n) is 4.51. The first-order valence-electron chi connectivity index (χ1n) is 14.4. The van der Waals surface area contributed by atoms with Crippen molar-refractivity contribution in [2.75, 3.05) is 0 Å². The summed E-state index contributed by atoms with van der Waals surface area (Å²) in [6, 6.07) is 0. The Morgan fingerprint density at radius 1 is 0.452 bits per heavy atom. The van der Waals surface area contributed by atoms with Crippen LogP contribution in [0.2, 0.25) is 0 Å². The molecule has 0 radical (unpaired) electrons. The van der Waals surface area contributed by atoms with Crippen molar-refractivity contribution in [3.63, 3.8) is 0 Å². The maximum Gasteiger partial charge on any atom is 0.0629 e. The minimum absolute atomic E-state index is 0.268. The molecule has 1 heteroatoms. The normalized spacial score (nSPS) is 14.7. The molecule has 0 saturated carbocycles. The zero-order chi connectivity index (χ0) is 23.6. The van der Waals surface area contributed by atoms with Crippen LogP contribution < -0.4 is 0 Å². The summed E-state index contributed by atoms with van der Waals surface area (Å²) < 4.78 is 7.05. The molecule has 31 heavy (non-hydrogen) atoms. The molecule has 2 atom stereocenters. The standard InChI is InChI=1S/C30H62O/c1-9-13-15-17-19-21-23-25-27(29(5,6)11-3)31-28(30(7,8)12-4)26-24-22-20-18-16-14-10-2/h27-28H,9-26H2,1-8H3. The van der Waals surface area contributed by atoms with E-state index in [0.717, 1.165) is 0 Å². The fourth-order valence-corrected chi connectivity index (χ4v) is 4.51. The Morgan fingerprint density at radius 2 is 0.742 bits per heavy atom. The average molecular weight is 439 g/mol. The number of unbranched alkanes of at least 4 members (excludes halogenated alkanes) is 12. The van der Waals surface area contributed by atoms with E-state index in [-0.39, 0.29) is 10.8 Å². The second-order valence-electron chi connectivity index (χ2n) is 11.6. The summed E-state index contributed by atoms with van der Waals surface area (Å²) >= 11 is 0. The lowest BCUT2D eigenvalue weighted by atomic mass is 9.78. The monoisotopic (exact) mass is 438 g/mol. The third kappa shape index (κ3) is 14.7. The highest BCUT2D eigenvalue weighted by Gasteiger charge is 2.35. The van der Waals surface area contributed by atoms with Gasteiger partial charge in [0.1, 0.15) is 0 Å². The van der Waals surface area contributed by atoms with Crippen molar-refractivity contribution >= 4 is 0 Å². The predicted octanol–water partition coefficient (Wildman–Crippen LogP) is 10.9. The number of hydrogen-bond acceptors (Lipinski definition) is 1. The first-order valence-corrected chi connectivity index (χ1v) is 14.4. The van der Waals surface area contributed by atoms with Gasteiger partial charge in [-0.2, -0.15) is 0 Å². The summed E-state index contributed by atoms with van der Waals surface area (Å²) in [6.07, 6.45) is 25.1. The molecule has 0 aromatic rings. The minimum Gasteiger partial charge on any atom is -0.374 e. The van der Waals surface area contributed by atoms with Gasteiger partial charge in [-0.3, -0.25) is 0 Å². The van der Waals surface area contributed by atoms with Gasteiger partial charge in [-0.25, -0.2) is 0 Å². The van der Waals surface area contributed by atoms with Gasteiger partial charge in [-0.15, -0.1) is 0 Å². The van der Waals surface area contributed by atoms with Crippen LogP contribution in [-0.2, 0) is 4.74 Å². The van der Waals surface area contributed by atoms with Gasteiger partial charge in [0, 0.05) is 0 Å². The summed E-state index contributed by atoms with van der Waals surface area (Å²) in [4.78, 5) is 0. The molecular weight excluding hydrogens is 376 g/mol. The zero-order valence-corrected chi connectivity index (χ0v) is 23.3. The Morgan fingerprint density at radius 3 is 1.03 bits per heavy atom. The van der Waals surface area contributed by atoms with Crippen molar-refractivity contribution in [1.29, 1.82) is 0 Å².